The highest BCUT2D eigenvalue weighted by atomic mass is 16.1. The van der Waals surface area contributed by atoms with Crippen LogP contribution < -0.4 is 5.32 Å². The third-order valence-electron chi connectivity index (χ3n) is 4.19. The van der Waals surface area contributed by atoms with Crippen molar-refractivity contribution in [3.05, 3.63) is 70.5 Å². The lowest BCUT2D eigenvalue weighted by Gasteiger charge is -2.15. The molecule has 0 fully saturated rings. The first-order valence-corrected chi connectivity index (χ1v) is 8.20. The van der Waals surface area contributed by atoms with Crippen LogP contribution in [-0.4, -0.2) is 26.5 Å². The fourth-order valence-corrected chi connectivity index (χ4v) is 2.75. The zero-order valence-corrected chi connectivity index (χ0v) is 14.6. The Labute approximate surface area is 146 Å². The zero-order chi connectivity index (χ0) is 17.8. The quantitative estimate of drug-likeness (QED) is 0.750. The first kappa shape index (κ1) is 16.8. The summed E-state index contributed by atoms with van der Waals surface area (Å²) in [7, 11) is 0. The number of aromatic nitrogens is 4. The molecule has 1 aromatic heterocycles. The van der Waals surface area contributed by atoms with E-state index in [1.54, 1.807) is 0 Å². The molecule has 1 heterocycles. The van der Waals surface area contributed by atoms with Gasteiger partial charge < -0.3 is 5.32 Å². The van der Waals surface area contributed by atoms with Gasteiger partial charge in [0.1, 0.15) is 5.92 Å². The van der Waals surface area contributed by atoms with Crippen molar-refractivity contribution in [2.45, 2.75) is 33.1 Å². The van der Waals surface area contributed by atoms with Gasteiger partial charge in [-0.1, -0.05) is 52.7 Å². The molecule has 2 aromatic carbocycles. The topological polar surface area (TPSA) is 83.6 Å². The number of rotatable bonds is 5. The lowest BCUT2D eigenvalue weighted by atomic mass is 9.96. The maximum atomic E-state index is 12.9. The number of H-pyrrole nitrogens is 1. The Balaban J connectivity index is 1.83. The van der Waals surface area contributed by atoms with Crippen molar-refractivity contribution in [2.75, 3.05) is 5.32 Å². The van der Waals surface area contributed by atoms with Crippen molar-refractivity contribution in [3.8, 4) is 0 Å². The summed E-state index contributed by atoms with van der Waals surface area (Å²) in [5.74, 6) is -0.265. The molecule has 3 aromatic rings. The van der Waals surface area contributed by atoms with Crippen molar-refractivity contribution < 1.29 is 4.79 Å². The number of aromatic amines is 1. The molecular formula is C19H21N5O. The van der Waals surface area contributed by atoms with E-state index in [-0.39, 0.29) is 5.91 Å². The molecule has 1 unspecified atom stereocenters. The largest absolute Gasteiger partial charge is 0.325 e. The second kappa shape index (κ2) is 7.25. The third kappa shape index (κ3) is 4.09. The summed E-state index contributed by atoms with van der Waals surface area (Å²) in [4.78, 5) is 12.9. The van der Waals surface area contributed by atoms with Crippen LogP contribution in [0.2, 0.25) is 0 Å². The van der Waals surface area contributed by atoms with Crippen LogP contribution in [0.4, 0.5) is 5.69 Å². The van der Waals surface area contributed by atoms with Crippen LogP contribution in [-0.2, 0) is 11.2 Å². The third-order valence-corrected chi connectivity index (χ3v) is 4.19. The average molecular weight is 335 g/mol. The number of carbonyl (C=O) groups is 1. The Bertz CT molecular complexity index is 856. The minimum atomic E-state index is -0.512. The minimum Gasteiger partial charge on any atom is -0.325 e. The van der Waals surface area contributed by atoms with Gasteiger partial charge in [-0.15, -0.1) is 10.2 Å². The molecular weight excluding hydrogens is 314 g/mol. The lowest BCUT2D eigenvalue weighted by molar-refractivity contribution is -0.117. The van der Waals surface area contributed by atoms with E-state index in [2.05, 4.69) is 25.9 Å². The Hall–Kier alpha value is -3.02. The molecule has 1 amide bonds. The number of hydrogen-bond acceptors (Lipinski definition) is 4. The summed E-state index contributed by atoms with van der Waals surface area (Å²) < 4.78 is 0. The number of amides is 1. The molecule has 0 saturated heterocycles. The van der Waals surface area contributed by atoms with Crippen LogP contribution in [0.1, 0.15) is 34.0 Å². The predicted molar refractivity (Wildman–Crippen MR) is 96.3 cm³/mol. The summed E-state index contributed by atoms with van der Waals surface area (Å²) in [5.41, 5.74) is 5.21. The van der Waals surface area contributed by atoms with Crippen molar-refractivity contribution in [3.63, 3.8) is 0 Å². The van der Waals surface area contributed by atoms with E-state index < -0.39 is 5.92 Å². The minimum absolute atomic E-state index is 0.145. The number of aryl methyl sites for hydroxylation is 3. The van der Waals surface area contributed by atoms with Gasteiger partial charge in [-0.25, -0.2) is 0 Å². The van der Waals surface area contributed by atoms with E-state index >= 15 is 0 Å². The van der Waals surface area contributed by atoms with Gasteiger partial charge in [0.15, 0.2) is 5.82 Å². The molecule has 6 heteroatoms. The highest BCUT2D eigenvalue weighted by Crippen LogP contribution is 2.22. The molecule has 0 aliphatic heterocycles. The van der Waals surface area contributed by atoms with E-state index in [1.807, 2.05) is 63.2 Å². The number of nitrogens with zero attached hydrogens (tertiary/aromatic N) is 3. The van der Waals surface area contributed by atoms with Gasteiger partial charge in [-0.2, -0.15) is 5.21 Å². The molecule has 1 atom stereocenters. The maximum Gasteiger partial charge on any atom is 0.235 e. The van der Waals surface area contributed by atoms with Gasteiger partial charge in [0.2, 0.25) is 5.91 Å². The first-order valence-electron chi connectivity index (χ1n) is 8.20. The van der Waals surface area contributed by atoms with Crippen LogP contribution in [0.3, 0.4) is 0 Å². The van der Waals surface area contributed by atoms with Crippen LogP contribution >= 0.6 is 0 Å². The monoisotopic (exact) mass is 335 g/mol. The Morgan fingerprint density at radius 1 is 1.08 bits per heavy atom. The van der Waals surface area contributed by atoms with Crippen LogP contribution in [0.25, 0.3) is 0 Å². The Kier molecular flexibility index (Phi) is 4.88. The summed E-state index contributed by atoms with van der Waals surface area (Å²) in [6.07, 6.45) is 0.510. The van der Waals surface area contributed by atoms with Crippen LogP contribution in [0.5, 0.6) is 0 Å². The fourth-order valence-electron chi connectivity index (χ4n) is 2.75. The van der Waals surface area contributed by atoms with Gasteiger partial charge in [0, 0.05) is 5.69 Å². The molecule has 0 spiro atoms. The van der Waals surface area contributed by atoms with Crippen LogP contribution in [0.15, 0.2) is 42.5 Å². The van der Waals surface area contributed by atoms with E-state index in [0.717, 1.165) is 22.4 Å². The second-order valence-corrected chi connectivity index (χ2v) is 6.32. The van der Waals surface area contributed by atoms with E-state index in [9.17, 15) is 4.79 Å². The molecule has 0 radical (unpaired) electrons. The first-order chi connectivity index (χ1) is 12.0. The highest BCUT2D eigenvalue weighted by Gasteiger charge is 2.25. The van der Waals surface area contributed by atoms with Gasteiger partial charge in [0.25, 0.3) is 0 Å². The smallest absolute Gasteiger partial charge is 0.235 e. The molecule has 25 heavy (non-hydrogen) atoms. The standard InChI is InChI=1S/C19H21N5O/c1-12-4-7-15(8-5-12)11-16(18-21-23-24-22-18)19(25)20-17-9-6-13(2)10-14(17)3/h4-10,16H,11H2,1-3H3,(H,20,25)(H,21,22,23,24). The highest BCUT2D eigenvalue weighted by molar-refractivity contribution is 5.96. The maximum absolute atomic E-state index is 12.9. The summed E-state index contributed by atoms with van der Waals surface area (Å²) >= 11 is 0. The molecule has 0 aliphatic carbocycles. The van der Waals surface area contributed by atoms with E-state index in [0.29, 0.717) is 12.2 Å². The number of carbonyl (C=O) groups excluding carboxylic acids is 1. The van der Waals surface area contributed by atoms with Gasteiger partial charge >= 0.3 is 0 Å². The SMILES string of the molecule is Cc1ccc(CC(C(=O)Nc2ccc(C)cc2C)c2nn[nH]n2)cc1. The number of hydrogen-bond donors (Lipinski definition) is 2. The van der Waals surface area contributed by atoms with Gasteiger partial charge in [0.05, 0.1) is 0 Å². The molecule has 0 saturated carbocycles. The molecule has 6 nitrogen and oxygen atoms in total. The Morgan fingerprint density at radius 2 is 1.80 bits per heavy atom. The lowest BCUT2D eigenvalue weighted by Crippen LogP contribution is -2.24. The van der Waals surface area contributed by atoms with E-state index in [1.165, 1.54) is 5.56 Å². The van der Waals surface area contributed by atoms with Crippen molar-refractivity contribution in [1.82, 2.24) is 20.6 Å². The summed E-state index contributed by atoms with van der Waals surface area (Å²) in [5, 5.41) is 17.1. The van der Waals surface area contributed by atoms with Crippen molar-refractivity contribution >= 4 is 11.6 Å². The zero-order valence-electron chi connectivity index (χ0n) is 14.6. The van der Waals surface area contributed by atoms with Crippen molar-refractivity contribution in [1.29, 1.82) is 0 Å². The number of nitrogens with one attached hydrogen (secondary N) is 2. The number of tetrazole rings is 1. The second-order valence-electron chi connectivity index (χ2n) is 6.32. The molecule has 2 N–H and O–H groups in total. The van der Waals surface area contributed by atoms with E-state index in [4.69, 9.17) is 0 Å². The molecule has 3 rings (SSSR count). The summed E-state index contributed by atoms with van der Waals surface area (Å²) in [6.45, 7) is 6.04. The molecule has 128 valence electrons. The van der Waals surface area contributed by atoms with Crippen molar-refractivity contribution in [2.24, 2.45) is 0 Å². The number of anilines is 1. The van der Waals surface area contributed by atoms with Gasteiger partial charge in [-0.05, 0) is 44.4 Å². The number of benzene rings is 2. The predicted octanol–water partition coefficient (Wildman–Crippen LogP) is 3.09. The molecule has 0 aliphatic rings. The van der Waals surface area contributed by atoms with Gasteiger partial charge in [-0.3, -0.25) is 4.79 Å². The molecule has 0 bridgehead atoms. The normalized spacial score (nSPS) is 12.0. The van der Waals surface area contributed by atoms with Crippen LogP contribution in [0, 0.1) is 20.8 Å². The fraction of sp³-hybridized carbons (Fsp3) is 0.263. The summed E-state index contributed by atoms with van der Waals surface area (Å²) in [6, 6.07) is 14.0. The Morgan fingerprint density at radius 3 is 2.44 bits per heavy atom. The average Bonchev–Trinajstić information content (AvgIpc) is 3.11.